The normalized spacial score (nSPS) is 17.0. The van der Waals surface area contributed by atoms with Crippen LogP contribution in [0.3, 0.4) is 0 Å². The molecule has 1 aromatic carbocycles. The van der Waals surface area contributed by atoms with Gasteiger partial charge in [0.15, 0.2) is 5.78 Å². The van der Waals surface area contributed by atoms with Crippen LogP contribution in [0.4, 0.5) is 0 Å². The number of hydrogen-bond donors (Lipinski definition) is 0. The summed E-state index contributed by atoms with van der Waals surface area (Å²) in [7, 11) is 0. The number of allylic oxidation sites excluding steroid dienone is 1. The average Bonchev–Trinajstić information content (AvgIpc) is 3.18. The van der Waals surface area contributed by atoms with E-state index in [0.717, 1.165) is 61.0 Å². The number of likely N-dealkylation sites (tertiary alicyclic amines) is 1. The molecule has 4 nitrogen and oxygen atoms in total. The number of imidazole rings is 1. The molecule has 4 heterocycles. The highest BCUT2D eigenvalue weighted by Gasteiger charge is 2.23. The van der Waals surface area contributed by atoms with E-state index in [4.69, 9.17) is 4.98 Å². The Labute approximate surface area is 187 Å². The Bertz CT molecular complexity index is 1120. The Hall–Kier alpha value is -2.63. The van der Waals surface area contributed by atoms with Crippen LogP contribution >= 0.6 is 11.8 Å². The average molecular weight is 430 g/mol. The van der Waals surface area contributed by atoms with Crippen LogP contribution in [0.15, 0.2) is 65.0 Å². The molecule has 1 saturated heterocycles. The summed E-state index contributed by atoms with van der Waals surface area (Å²) in [5, 5.41) is 3.24. The van der Waals surface area contributed by atoms with Crippen LogP contribution in [0, 0.1) is 5.92 Å². The molecule has 5 rings (SSSR count). The van der Waals surface area contributed by atoms with Crippen molar-refractivity contribution in [1.82, 2.24) is 14.3 Å². The fourth-order valence-electron chi connectivity index (χ4n) is 4.54. The molecule has 0 unspecified atom stereocenters. The van der Waals surface area contributed by atoms with Crippen molar-refractivity contribution >= 4 is 35.3 Å². The lowest BCUT2D eigenvalue weighted by molar-refractivity contribution is -0.119. The minimum absolute atomic E-state index is 0.136. The summed E-state index contributed by atoms with van der Waals surface area (Å²) in [5.74, 6) is 0.374. The second-order valence-corrected chi connectivity index (χ2v) is 9.23. The topological polar surface area (TPSA) is 37.6 Å². The first-order chi connectivity index (χ1) is 15.3. The van der Waals surface area contributed by atoms with Crippen molar-refractivity contribution in [2.75, 3.05) is 19.6 Å². The maximum atomic E-state index is 12.8. The van der Waals surface area contributed by atoms with Gasteiger partial charge in [-0.25, -0.2) is 4.98 Å². The highest BCUT2D eigenvalue weighted by molar-refractivity contribution is 8.02. The van der Waals surface area contributed by atoms with Crippen molar-refractivity contribution < 1.29 is 4.79 Å². The van der Waals surface area contributed by atoms with Gasteiger partial charge in [-0.2, -0.15) is 0 Å². The van der Waals surface area contributed by atoms with Crippen LogP contribution < -0.4 is 0 Å². The monoisotopic (exact) mass is 429 g/mol. The van der Waals surface area contributed by atoms with Gasteiger partial charge in [-0.05, 0) is 86.6 Å². The summed E-state index contributed by atoms with van der Waals surface area (Å²) in [6.07, 6.45) is 9.94. The molecule has 0 N–H and O–H groups in total. The molecule has 0 amide bonds. The Morgan fingerprint density at radius 3 is 2.77 bits per heavy atom. The van der Waals surface area contributed by atoms with Gasteiger partial charge in [0.25, 0.3) is 0 Å². The summed E-state index contributed by atoms with van der Waals surface area (Å²) in [5.41, 5.74) is 4.27. The maximum Gasteiger partial charge on any atom is 0.158 e. The molecule has 0 radical (unpaired) electrons. The largest absolute Gasteiger partial charge is 0.303 e. The van der Waals surface area contributed by atoms with Crippen LogP contribution in [0.5, 0.6) is 0 Å². The molecule has 2 aliphatic heterocycles. The quantitative estimate of drug-likeness (QED) is 0.475. The molecular formula is C26H27N3OS. The molecule has 0 bridgehead atoms. The van der Waals surface area contributed by atoms with Gasteiger partial charge < -0.3 is 4.90 Å². The van der Waals surface area contributed by atoms with Crippen molar-refractivity contribution in [2.45, 2.75) is 30.7 Å². The van der Waals surface area contributed by atoms with Gasteiger partial charge in [-0.15, -0.1) is 0 Å². The third-order valence-electron chi connectivity index (χ3n) is 6.26. The third-order valence-corrected chi connectivity index (χ3v) is 7.10. The second kappa shape index (κ2) is 9.25. The molecule has 158 valence electrons. The molecule has 5 heteroatoms. The number of rotatable bonds is 7. The first kappa shape index (κ1) is 20.3. The smallest absolute Gasteiger partial charge is 0.158 e. The van der Waals surface area contributed by atoms with Crippen LogP contribution in [0.2, 0.25) is 0 Å². The zero-order valence-corrected chi connectivity index (χ0v) is 18.4. The molecule has 1 fully saturated rings. The van der Waals surface area contributed by atoms with Gasteiger partial charge >= 0.3 is 0 Å². The number of hydrogen-bond acceptors (Lipinski definition) is 4. The molecule has 31 heavy (non-hydrogen) atoms. The number of pyridine rings is 1. The van der Waals surface area contributed by atoms with E-state index in [0.29, 0.717) is 0 Å². The van der Waals surface area contributed by atoms with Crippen molar-refractivity contribution in [1.29, 1.82) is 0 Å². The minimum atomic E-state index is 0.136. The minimum Gasteiger partial charge on any atom is -0.303 e. The van der Waals surface area contributed by atoms with Crippen molar-refractivity contribution in [2.24, 2.45) is 5.92 Å². The molecule has 2 aliphatic rings. The lowest BCUT2D eigenvalue weighted by Crippen LogP contribution is -2.36. The number of carbonyl (C=O) groups is 1. The lowest BCUT2D eigenvalue weighted by atomic mass is 9.92. The molecule has 0 aliphatic carbocycles. The maximum absolute atomic E-state index is 12.8. The van der Waals surface area contributed by atoms with E-state index in [2.05, 4.69) is 57.2 Å². The van der Waals surface area contributed by atoms with Gasteiger partial charge in [0, 0.05) is 5.92 Å². The number of aryl methyl sites for hydroxylation is 1. The fourth-order valence-corrected chi connectivity index (χ4v) is 5.33. The molecular weight excluding hydrogens is 402 g/mol. The lowest BCUT2D eigenvalue weighted by Gasteiger charge is -2.30. The first-order valence-corrected chi connectivity index (χ1v) is 12.0. The second-order valence-electron chi connectivity index (χ2n) is 8.30. The summed E-state index contributed by atoms with van der Waals surface area (Å²) >= 11 is 1.69. The standard InChI is InChI=1S/C26H27N3OS/c30-24(12-11-22-23-15-19-31-26-10-4-9-25(27-22)29(23)26)21-13-17-28(18-14-21)16-5-8-20-6-2-1-3-7-20/h1-4,6-7,9-12,15,19,21H,5,8,13-14,16-18H2. The number of nitrogens with zero attached hydrogens (tertiary/aromatic N) is 3. The number of piperidine rings is 1. The highest BCUT2D eigenvalue weighted by Crippen LogP contribution is 2.30. The van der Waals surface area contributed by atoms with Crippen LogP contribution in [-0.4, -0.2) is 39.7 Å². The van der Waals surface area contributed by atoms with Gasteiger partial charge in [0.1, 0.15) is 5.65 Å². The van der Waals surface area contributed by atoms with Gasteiger partial charge in [0.05, 0.1) is 16.4 Å². The number of benzene rings is 1. The van der Waals surface area contributed by atoms with Crippen molar-refractivity contribution in [3.05, 3.63) is 77.0 Å². The summed E-state index contributed by atoms with van der Waals surface area (Å²) in [6, 6.07) is 16.8. The van der Waals surface area contributed by atoms with Gasteiger partial charge in [-0.3, -0.25) is 9.20 Å². The third kappa shape index (κ3) is 4.53. The number of ketones is 1. The van der Waals surface area contributed by atoms with E-state index in [1.165, 1.54) is 12.0 Å². The van der Waals surface area contributed by atoms with E-state index in [1.807, 2.05) is 18.2 Å². The van der Waals surface area contributed by atoms with E-state index < -0.39 is 0 Å². The summed E-state index contributed by atoms with van der Waals surface area (Å²) in [4.78, 5) is 20.0. The number of thioether (sulfide) groups is 1. The first-order valence-electron chi connectivity index (χ1n) is 11.1. The van der Waals surface area contributed by atoms with Crippen molar-refractivity contribution in [3.8, 4) is 0 Å². The molecule has 0 spiro atoms. The van der Waals surface area contributed by atoms with Crippen LogP contribution in [-0.2, 0) is 11.2 Å². The van der Waals surface area contributed by atoms with E-state index >= 15 is 0 Å². The Balaban J connectivity index is 1.15. The zero-order valence-electron chi connectivity index (χ0n) is 17.6. The number of carbonyl (C=O) groups excluding carboxylic acids is 1. The van der Waals surface area contributed by atoms with Gasteiger partial charge in [0.2, 0.25) is 0 Å². The SMILES string of the molecule is O=C(C=Cc1nc2cccc3n2c1C=CS3)C1CCN(CCCc2ccccc2)CC1. The molecule has 0 saturated carbocycles. The Morgan fingerprint density at radius 2 is 1.94 bits per heavy atom. The van der Waals surface area contributed by atoms with Crippen LogP contribution in [0.1, 0.15) is 36.2 Å². The highest BCUT2D eigenvalue weighted by atomic mass is 32.2. The van der Waals surface area contributed by atoms with E-state index in [-0.39, 0.29) is 11.7 Å². The Morgan fingerprint density at radius 1 is 1.10 bits per heavy atom. The summed E-state index contributed by atoms with van der Waals surface area (Å²) < 4.78 is 2.16. The van der Waals surface area contributed by atoms with Gasteiger partial charge in [-0.1, -0.05) is 48.2 Å². The van der Waals surface area contributed by atoms with E-state index in [9.17, 15) is 4.79 Å². The molecule has 2 aromatic heterocycles. The summed E-state index contributed by atoms with van der Waals surface area (Å²) in [6.45, 7) is 3.15. The predicted molar refractivity (Wildman–Crippen MR) is 128 cm³/mol. The molecule has 0 atom stereocenters. The zero-order chi connectivity index (χ0) is 21.0. The van der Waals surface area contributed by atoms with E-state index in [1.54, 1.807) is 17.8 Å². The number of aromatic nitrogens is 2. The van der Waals surface area contributed by atoms with Crippen LogP contribution in [0.25, 0.3) is 17.8 Å². The predicted octanol–water partition coefficient (Wildman–Crippen LogP) is 5.34. The Kier molecular flexibility index (Phi) is 6.05. The fraction of sp³-hybridized carbons (Fsp3) is 0.308. The molecule has 3 aromatic rings. The van der Waals surface area contributed by atoms with Crippen molar-refractivity contribution in [3.63, 3.8) is 0 Å².